The van der Waals surface area contributed by atoms with Crippen molar-refractivity contribution in [3.05, 3.63) is 35.6 Å². The van der Waals surface area contributed by atoms with Crippen molar-refractivity contribution in [1.82, 2.24) is 0 Å². The van der Waals surface area contributed by atoms with Crippen molar-refractivity contribution in [3.8, 4) is 0 Å². The molecule has 0 fully saturated rings. The lowest BCUT2D eigenvalue weighted by atomic mass is 10.0. The van der Waals surface area contributed by atoms with Crippen molar-refractivity contribution < 1.29 is 4.39 Å². The first kappa shape index (κ1) is 9.16. The molecule has 1 aromatic carbocycles. The third-order valence-corrected chi connectivity index (χ3v) is 1.80. The second-order valence-electron chi connectivity index (χ2n) is 2.94. The lowest BCUT2D eigenvalue weighted by molar-refractivity contribution is 0.576. The van der Waals surface area contributed by atoms with Crippen molar-refractivity contribution in [3.63, 3.8) is 0 Å². The van der Waals surface area contributed by atoms with Gasteiger partial charge in [0.25, 0.3) is 0 Å². The van der Waals surface area contributed by atoms with Gasteiger partial charge in [0.1, 0.15) is 5.82 Å². The minimum atomic E-state index is -0.291. The maximum atomic E-state index is 12.7. The highest BCUT2D eigenvalue weighted by Crippen LogP contribution is 2.13. The Hall–Kier alpha value is -0.930. The van der Waals surface area contributed by atoms with Gasteiger partial charge in [0.2, 0.25) is 0 Å². The third-order valence-electron chi connectivity index (χ3n) is 1.80. The van der Waals surface area contributed by atoms with E-state index in [2.05, 4.69) is 0 Å². The number of rotatable bonds is 2. The second-order valence-corrected chi connectivity index (χ2v) is 2.94. The van der Waals surface area contributed by atoms with Crippen LogP contribution in [0.1, 0.15) is 18.5 Å². The van der Waals surface area contributed by atoms with Gasteiger partial charge in [-0.15, -0.1) is 0 Å². The van der Waals surface area contributed by atoms with Gasteiger partial charge in [0.05, 0.1) is 0 Å². The Balaban J connectivity index is 2.88. The lowest BCUT2D eigenvalue weighted by Crippen LogP contribution is -2.31. The Bertz CT molecular complexity index is 260. The third kappa shape index (κ3) is 2.03. The highest BCUT2D eigenvalue weighted by molar-refractivity contribution is 5.20. The summed E-state index contributed by atoms with van der Waals surface area (Å²) in [4.78, 5) is 0. The fourth-order valence-electron chi connectivity index (χ4n) is 1.02. The van der Waals surface area contributed by atoms with Gasteiger partial charge in [-0.25, -0.2) is 4.39 Å². The van der Waals surface area contributed by atoms with Crippen molar-refractivity contribution in [1.29, 1.82) is 0 Å². The van der Waals surface area contributed by atoms with Crippen LogP contribution in [-0.2, 0) is 0 Å². The molecule has 0 spiro atoms. The van der Waals surface area contributed by atoms with E-state index < -0.39 is 0 Å². The molecule has 0 aliphatic rings. The zero-order chi connectivity index (χ0) is 9.14. The van der Waals surface area contributed by atoms with E-state index in [1.807, 2.05) is 0 Å². The summed E-state index contributed by atoms with van der Waals surface area (Å²) >= 11 is 0. The normalized spacial score (nSPS) is 15.7. The second kappa shape index (κ2) is 3.65. The van der Waals surface area contributed by atoms with Crippen molar-refractivity contribution in [2.45, 2.75) is 19.0 Å². The maximum Gasteiger partial charge on any atom is 0.123 e. The number of halogens is 1. The largest absolute Gasteiger partial charge is 0.326 e. The first-order valence-corrected chi connectivity index (χ1v) is 3.88. The molecule has 12 heavy (non-hydrogen) atoms. The van der Waals surface area contributed by atoms with E-state index in [0.29, 0.717) is 0 Å². The molecule has 0 bridgehead atoms. The van der Waals surface area contributed by atoms with Crippen molar-refractivity contribution >= 4 is 0 Å². The fourth-order valence-corrected chi connectivity index (χ4v) is 1.02. The molecule has 3 heteroatoms. The molecule has 0 amide bonds. The van der Waals surface area contributed by atoms with Gasteiger partial charge in [0.15, 0.2) is 0 Å². The molecule has 0 saturated carbocycles. The minimum Gasteiger partial charge on any atom is -0.326 e. The molecule has 2 unspecified atom stereocenters. The Morgan fingerprint density at radius 1 is 1.33 bits per heavy atom. The van der Waals surface area contributed by atoms with Crippen LogP contribution in [0, 0.1) is 5.82 Å². The number of hydrogen-bond acceptors (Lipinski definition) is 2. The van der Waals surface area contributed by atoms with Gasteiger partial charge in [-0.3, -0.25) is 0 Å². The standard InChI is InChI=1S/C9H13FN2/c1-6(11)9(12)7-3-2-4-8(10)5-7/h2-6,9H,11-12H2,1H3. The molecular formula is C9H13FN2. The first-order valence-electron chi connectivity index (χ1n) is 3.88. The summed E-state index contributed by atoms with van der Waals surface area (Å²) in [6.45, 7) is 1.80. The molecule has 4 N–H and O–H groups in total. The first-order chi connectivity index (χ1) is 5.61. The summed E-state index contributed by atoms with van der Waals surface area (Å²) in [7, 11) is 0. The maximum absolute atomic E-state index is 12.7. The van der Waals surface area contributed by atoms with E-state index in [1.165, 1.54) is 12.1 Å². The van der Waals surface area contributed by atoms with E-state index >= 15 is 0 Å². The van der Waals surface area contributed by atoms with E-state index in [9.17, 15) is 4.39 Å². The Labute approximate surface area is 71.4 Å². The molecule has 1 rings (SSSR count). The Kier molecular flexibility index (Phi) is 2.78. The summed E-state index contributed by atoms with van der Waals surface area (Å²) in [5.41, 5.74) is 12.0. The van der Waals surface area contributed by atoms with Gasteiger partial charge in [-0.2, -0.15) is 0 Å². The van der Waals surface area contributed by atoms with Crippen LogP contribution in [0.2, 0.25) is 0 Å². The number of benzene rings is 1. The van der Waals surface area contributed by atoms with Crippen LogP contribution < -0.4 is 11.5 Å². The molecule has 0 saturated heterocycles. The molecule has 2 nitrogen and oxygen atoms in total. The molecule has 0 radical (unpaired) electrons. The Morgan fingerprint density at radius 3 is 2.50 bits per heavy atom. The van der Waals surface area contributed by atoms with Crippen molar-refractivity contribution in [2.24, 2.45) is 11.5 Å². The van der Waals surface area contributed by atoms with Gasteiger partial charge in [-0.1, -0.05) is 12.1 Å². The van der Waals surface area contributed by atoms with Crippen LogP contribution in [0.5, 0.6) is 0 Å². The topological polar surface area (TPSA) is 52.0 Å². The van der Waals surface area contributed by atoms with E-state index in [0.717, 1.165) is 5.56 Å². The summed E-state index contributed by atoms with van der Waals surface area (Å²) < 4.78 is 12.7. The van der Waals surface area contributed by atoms with Gasteiger partial charge in [0, 0.05) is 12.1 Å². The smallest absolute Gasteiger partial charge is 0.123 e. The summed E-state index contributed by atoms with van der Waals surface area (Å²) in [6.07, 6.45) is 0. The van der Waals surface area contributed by atoms with Crippen molar-refractivity contribution in [2.75, 3.05) is 0 Å². The molecule has 0 aliphatic carbocycles. The molecule has 0 aliphatic heterocycles. The molecule has 0 aromatic heterocycles. The van der Waals surface area contributed by atoms with Gasteiger partial charge >= 0.3 is 0 Å². The zero-order valence-electron chi connectivity index (χ0n) is 7.00. The van der Waals surface area contributed by atoms with E-state index in [1.54, 1.807) is 19.1 Å². The van der Waals surface area contributed by atoms with Crippen LogP contribution in [0.15, 0.2) is 24.3 Å². The Morgan fingerprint density at radius 2 is 2.00 bits per heavy atom. The highest BCUT2D eigenvalue weighted by Gasteiger charge is 2.10. The summed E-state index contributed by atoms with van der Waals surface area (Å²) in [5, 5.41) is 0. The van der Waals surface area contributed by atoms with Crippen LogP contribution in [0.3, 0.4) is 0 Å². The monoisotopic (exact) mass is 168 g/mol. The predicted molar refractivity (Wildman–Crippen MR) is 47.0 cm³/mol. The molecular weight excluding hydrogens is 155 g/mol. The SMILES string of the molecule is CC(N)C(N)c1cccc(F)c1. The molecule has 0 heterocycles. The van der Waals surface area contributed by atoms with Gasteiger partial charge in [-0.05, 0) is 24.6 Å². The number of nitrogens with two attached hydrogens (primary N) is 2. The average molecular weight is 168 g/mol. The number of hydrogen-bond donors (Lipinski definition) is 2. The van der Waals surface area contributed by atoms with Crippen LogP contribution in [-0.4, -0.2) is 6.04 Å². The van der Waals surface area contributed by atoms with Crippen LogP contribution >= 0.6 is 0 Å². The molecule has 66 valence electrons. The summed E-state index contributed by atoms with van der Waals surface area (Å²) in [6, 6.07) is 5.75. The van der Waals surface area contributed by atoms with E-state index in [4.69, 9.17) is 11.5 Å². The lowest BCUT2D eigenvalue weighted by Gasteiger charge is -2.15. The average Bonchev–Trinajstić information content (AvgIpc) is 2.03. The minimum absolute atomic E-state index is 0.160. The van der Waals surface area contributed by atoms with Crippen LogP contribution in [0.4, 0.5) is 4.39 Å². The van der Waals surface area contributed by atoms with Crippen LogP contribution in [0.25, 0.3) is 0 Å². The summed E-state index contributed by atoms with van der Waals surface area (Å²) in [5.74, 6) is -0.274. The highest BCUT2D eigenvalue weighted by atomic mass is 19.1. The molecule has 2 atom stereocenters. The fraction of sp³-hybridized carbons (Fsp3) is 0.333. The quantitative estimate of drug-likeness (QED) is 0.696. The molecule has 1 aromatic rings. The van der Waals surface area contributed by atoms with E-state index in [-0.39, 0.29) is 17.9 Å². The van der Waals surface area contributed by atoms with Gasteiger partial charge < -0.3 is 11.5 Å². The zero-order valence-corrected chi connectivity index (χ0v) is 7.00. The predicted octanol–water partition coefficient (Wildman–Crippen LogP) is 1.17.